The van der Waals surface area contributed by atoms with Gasteiger partial charge in [-0.05, 0) is 19.9 Å². The van der Waals surface area contributed by atoms with E-state index < -0.39 is 0 Å². The lowest BCUT2D eigenvalue weighted by molar-refractivity contribution is 0.201. The third-order valence-corrected chi connectivity index (χ3v) is 4.97. The molecular formula is C14H21N5S. The Hall–Kier alpha value is -1.24. The molecule has 2 aromatic heterocycles. The zero-order valence-electron chi connectivity index (χ0n) is 12.0. The van der Waals surface area contributed by atoms with Crippen molar-refractivity contribution in [2.24, 2.45) is 5.73 Å². The van der Waals surface area contributed by atoms with Gasteiger partial charge in [0.2, 0.25) is 0 Å². The fourth-order valence-electron chi connectivity index (χ4n) is 2.74. The van der Waals surface area contributed by atoms with Crippen LogP contribution in [0.3, 0.4) is 0 Å². The molecule has 3 rings (SSSR count). The van der Waals surface area contributed by atoms with Crippen LogP contribution in [-0.2, 0) is 0 Å². The van der Waals surface area contributed by atoms with Crippen molar-refractivity contribution in [3.8, 4) is 0 Å². The lowest BCUT2D eigenvalue weighted by Gasteiger charge is -2.38. The summed E-state index contributed by atoms with van der Waals surface area (Å²) in [6, 6.07) is 2.66. The minimum Gasteiger partial charge on any atom is -0.353 e. The number of anilines is 1. The van der Waals surface area contributed by atoms with E-state index in [2.05, 4.69) is 39.7 Å². The third kappa shape index (κ3) is 2.51. The average Bonchev–Trinajstić information content (AvgIpc) is 2.86. The topological polar surface area (TPSA) is 58.3 Å². The predicted octanol–water partition coefficient (Wildman–Crippen LogP) is 1.47. The van der Waals surface area contributed by atoms with Crippen molar-refractivity contribution in [1.82, 2.24) is 14.9 Å². The van der Waals surface area contributed by atoms with Gasteiger partial charge < -0.3 is 10.6 Å². The number of nitrogens with zero attached hydrogens (tertiary/aromatic N) is 4. The van der Waals surface area contributed by atoms with Gasteiger partial charge in [0.1, 0.15) is 17.0 Å². The van der Waals surface area contributed by atoms with Gasteiger partial charge in [-0.1, -0.05) is 0 Å². The fraction of sp³-hybridized carbons (Fsp3) is 0.571. The van der Waals surface area contributed by atoms with Crippen LogP contribution >= 0.6 is 11.3 Å². The van der Waals surface area contributed by atoms with E-state index in [1.54, 1.807) is 17.7 Å². The molecule has 0 spiro atoms. The van der Waals surface area contributed by atoms with Crippen LogP contribution in [0.25, 0.3) is 10.2 Å². The zero-order valence-corrected chi connectivity index (χ0v) is 12.9. The maximum atomic E-state index is 5.75. The van der Waals surface area contributed by atoms with E-state index in [9.17, 15) is 0 Å². The number of nitrogens with two attached hydrogens (primary N) is 1. The Morgan fingerprint density at radius 3 is 2.75 bits per heavy atom. The van der Waals surface area contributed by atoms with Crippen LogP contribution in [-0.4, -0.2) is 53.6 Å². The molecule has 3 heterocycles. The SMILES string of the molecule is Cc1cc2c(N3CCN(C(C)CN)CC3)ncnc2s1. The molecule has 2 N–H and O–H groups in total. The molecule has 0 radical (unpaired) electrons. The summed E-state index contributed by atoms with van der Waals surface area (Å²) in [7, 11) is 0. The van der Waals surface area contributed by atoms with Gasteiger partial charge in [0.05, 0.1) is 5.39 Å². The van der Waals surface area contributed by atoms with E-state index in [1.807, 2.05) is 0 Å². The summed E-state index contributed by atoms with van der Waals surface area (Å²) < 4.78 is 0. The van der Waals surface area contributed by atoms with E-state index in [1.165, 1.54) is 10.3 Å². The van der Waals surface area contributed by atoms with Crippen LogP contribution in [0.5, 0.6) is 0 Å². The number of hydrogen-bond donors (Lipinski definition) is 1. The van der Waals surface area contributed by atoms with Crippen LogP contribution in [0.2, 0.25) is 0 Å². The van der Waals surface area contributed by atoms with E-state index >= 15 is 0 Å². The van der Waals surface area contributed by atoms with Crippen molar-refractivity contribution in [2.45, 2.75) is 19.9 Å². The smallest absolute Gasteiger partial charge is 0.140 e. The van der Waals surface area contributed by atoms with Crippen molar-refractivity contribution < 1.29 is 0 Å². The standard InChI is InChI=1S/C14H21N5S/c1-10(8-15)18-3-5-19(6-4-18)13-12-7-11(2)20-14(12)17-9-16-13/h7,9-10H,3-6,8,15H2,1-2H3. The molecule has 0 aliphatic carbocycles. The molecule has 1 unspecified atom stereocenters. The molecule has 6 heteroatoms. The van der Waals surface area contributed by atoms with Gasteiger partial charge in [0.15, 0.2) is 0 Å². The number of aromatic nitrogens is 2. The molecule has 0 amide bonds. The predicted molar refractivity (Wildman–Crippen MR) is 84.5 cm³/mol. The van der Waals surface area contributed by atoms with Crippen LogP contribution in [0.15, 0.2) is 12.4 Å². The van der Waals surface area contributed by atoms with Gasteiger partial charge in [-0.15, -0.1) is 11.3 Å². The van der Waals surface area contributed by atoms with Crippen molar-refractivity contribution in [2.75, 3.05) is 37.6 Å². The number of fused-ring (bicyclic) bond motifs is 1. The van der Waals surface area contributed by atoms with Crippen molar-refractivity contribution in [3.05, 3.63) is 17.3 Å². The molecule has 1 fully saturated rings. The number of rotatable bonds is 3. The number of thiophene rings is 1. The summed E-state index contributed by atoms with van der Waals surface area (Å²) in [6.45, 7) is 9.15. The molecule has 5 nitrogen and oxygen atoms in total. The molecule has 0 saturated carbocycles. The lowest BCUT2D eigenvalue weighted by Crippen LogP contribution is -2.51. The second-order valence-corrected chi connectivity index (χ2v) is 6.62. The summed E-state index contributed by atoms with van der Waals surface area (Å²) in [5.41, 5.74) is 5.75. The Balaban J connectivity index is 1.80. The summed E-state index contributed by atoms with van der Waals surface area (Å²) in [6.07, 6.45) is 1.68. The Morgan fingerprint density at radius 1 is 1.30 bits per heavy atom. The molecule has 20 heavy (non-hydrogen) atoms. The summed E-state index contributed by atoms with van der Waals surface area (Å²) in [5, 5.41) is 1.19. The van der Waals surface area contributed by atoms with Crippen molar-refractivity contribution >= 4 is 27.4 Å². The first-order valence-corrected chi connectivity index (χ1v) is 7.91. The average molecular weight is 291 g/mol. The maximum Gasteiger partial charge on any atom is 0.140 e. The van der Waals surface area contributed by atoms with Gasteiger partial charge in [0, 0.05) is 43.6 Å². The summed E-state index contributed by atoms with van der Waals surface area (Å²) in [5.74, 6) is 1.08. The van der Waals surface area contributed by atoms with Crippen LogP contribution in [0.4, 0.5) is 5.82 Å². The molecule has 1 aliphatic rings. The minimum absolute atomic E-state index is 0.464. The maximum absolute atomic E-state index is 5.75. The fourth-order valence-corrected chi connectivity index (χ4v) is 3.58. The van der Waals surface area contributed by atoms with Crippen molar-refractivity contribution in [1.29, 1.82) is 0 Å². The Kier molecular flexibility index (Phi) is 3.87. The second kappa shape index (κ2) is 5.63. The monoisotopic (exact) mass is 291 g/mol. The normalized spacial score (nSPS) is 18.6. The van der Waals surface area contributed by atoms with Crippen molar-refractivity contribution in [3.63, 3.8) is 0 Å². The van der Waals surface area contributed by atoms with Gasteiger partial charge in [-0.3, -0.25) is 4.90 Å². The first-order chi connectivity index (χ1) is 9.69. The lowest BCUT2D eigenvalue weighted by atomic mass is 10.2. The highest BCUT2D eigenvalue weighted by Gasteiger charge is 2.22. The van der Waals surface area contributed by atoms with Gasteiger partial charge >= 0.3 is 0 Å². The largest absolute Gasteiger partial charge is 0.353 e. The number of aryl methyl sites for hydroxylation is 1. The molecule has 1 saturated heterocycles. The van der Waals surface area contributed by atoms with E-state index in [4.69, 9.17) is 5.73 Å². The van der Waals surface area contributed by atoms with E-state index in [0.717, 1.165) is 43.4 Å². The highest BCUT2D eigenvalue weighted by molar-refractivity contribution is 7.18. The molecule has 2 aromatic rings. The third-order valence-electron chi connectivity index (χ3n) is 4.01. The molecular weight excluding hydrogens is 270 g/mol. The molecule has 1 atom stereocenters. The zero-order chi connectivity index (χ0) is 14.1. The van der Waals surface area contributed by atoms with E-state index in [0.29, 0.717) is 6.04 Å². The molecule has 0 aromatic carbocycles. The second-order valence-electron chi connectivity index (χ2n) is 5.38. The Morgan fingerprint density at radius 2 is 2.05 bits per heavy atom. The highest BCUT2D eigenvalue weighted by atomic mass is 32.1. The highest BCUT2D eigenvalue weighted by Crippen LogP contribution is 2.30. The van der Waals surface area contributed by atoms with Crippen LogP contribution in [0, 0.1) is 6.92 Å². The Bertz CT molecular complexity index is 588. The number of hydrogen-bond acceptors (Lipinski definition) is 6. The van der Waals surface area contributed by atoms with Gasteiger partial charge in [0.25, 0.3) is 0 Å². The first kappa shape index (κ1) is 13.7. The molecule has 1 aliphatic heterocycles. The molecule has 0 bridgehead atoms. The molecule has 108 valence electrons. The minimum atomic E-state index is 0.464. The quantitative estimate of drug-likeness (QED) is 0.928. The van der Waals surface area contributed by atoms with Crippen LogP contribution < -0.4 is 10.6 Å². The Labute approximate surface area is 123 Å². The van der Waals surface area contributed by atoms with E-state index in [-0.39, 0.29) is 0 Å². The van der Waals surface area contributed by atoms with Gasteiger partial charge in [-0.25, -0.2) is 9.97 Å². The number of piperazine rings is 1. The van der Waals surface area contributed by atoms with Gasteiger partial charge in [-0.2, -0.15) is 0 Å². The summed E-state index contributed by atoms with van der Waals surface area (Å²) >= 11 is 1.73. The first-order valence-electron chi connectivity index (χ1n) is 7.09. The summed E-state index contributed by atoms with van der Waals surface area (Å²) in [4.78, 5) is 16.1. The van der Waals surface area contributed by atoms with Crippen LogP contribution in [0.1, 0.15) is 11.8 Å².